The number of aryl methyl sites for hydroxylation is 1. The number of carbonyl (C=O) groups is 1. The Morgan fingerprint density at radius 2 is 1.86 bits per heavy atom. The van der Waals surface area contributed by atoms with Gasteiger partial charge in [0.1, 0.15) is 5.58 Å². The van der Waals surface area contributed by atoms with Crippen LogP contribution in [0.3, 0.4) is 0 Å². The molecule has 1 saturated carbocycles. The maximum absolute atomic E-state index is 13.6. The van der Waals surface area contributed by atoms with E-state index in [-0.39, 0.29) is 18.0 Å². The first-order valence-electron chi connectivity index (χ1n) is 15.9. The largest absolute Gasteiger partial charge is 0.454 e. The van der Waals surface area contributed by atoms with Crippen molar-refractivity contribution in [3.05, 3.63) is 53.6 Å². The predicted molar refractivity (Wildman–Crippen MR) is 169 cm³/mol. The number of fused-ring (bicyclic) bond motifs is 2. The second-order valence-electron chi connectivity index (χ2n) is 13.0. The number of rotatable bonds is 7. The Hall–Kier alpha value is -3.29. The average Bonchev–Trinajstić information content (AvgIpc) is 3.60. The molecule has 7 nitrogen and oxygen atoms in total. The summed E-state index contributed by atoms with van der Waals surface area (Å²) in [5.74, 6) is 2.00. The van der Waals surface area contributed by atoms with Crippen molar-refractivity contribution in [3.8, 4) is 11.5 Å². The number of hydrogen-bond acceptors (Lipinski definition) is 5. The van der Waals surface area contributed by atoms with Crippen LogP contribution in [0.4, 0.5) is 5.69 Å². The Labute approximate surface area is 248 Å². The predicted octanol–water partition coefficient (Wildman–Crippen LogP) is 6.59. The van der Waals surface area contributed by atoms with Crippen LogP contribution in [-0.2, 0) is 11.3 Å². The highest BCUT2D eigenvalue weighted by Crippen LogP contribution is 2.41. The lowest BCUT2D eigenvalue weighted by atomic mass is 9.98. The Bertz CT molecular complexity index is 1620. The van der Waals surface area contributed by atoms with E-state index in [9.17, 15) is 4.79 Å². The number of benzene rings is 2. The van der Waals surface area contributed by atoms with Gasteiger partial charge < -0.3 is 29.3 Å². The van der Waals surface area contributed by atoms with Crippen molar-refractivity contribution in [2.75, 3.05) is 31.6 Å². The quantitative estimate of drug-likeness (QED) is 0.272. The van der Waals surface area contributed by atoms with Crippen molar-refractivity contribution in [2.24, 2.45) is 17.6 Å². The Balaban J connectivity index is 1.24. The van der Waals surface area contributed by atoms with Gasteiger partial charge in [0.05, 0.1) is 17.3 Å². The third-order valence-corrected chi connectivity index (χ3v) is 10.4. The molecule has 3 aliphatic rings. The second kappa shape index (κ2) is 10.8. The Kier molecular flexibility index (Phi) is 7.06. The summed E-state index contributed by atoms with van der Waals surface area (Å²) in [6, 6.07) is 15.2. The molecule has 3 fully saturated rings. The van der Waals surface area contributed by atoms with Crippen LogP contribution in [0, 0.1) is 18.8 Å². The summed E-state index contributed by atoms with van der Waals surface area (Å²) >= 11 is 0. The molecule has 7 heteroatoms. The van der Waals surface area contributed by atoms with E-state index in [2.05, 4.69) is 60.6 Å². The number of furan rings is 1. The molecule has 2 unspecified atom stereocenters. The molecule has 2 aromatic heterocycles. The van der Waals surface area contributed by atoms with Gasteiger partial charge in [-0.1, -0.05) is 25.5 Å². The fourth-order valence-electron chi connectivity index (χ4n) is 7.31. The molecule has 2 aliphatic heterocycles. The summed E-state index contributed by atoms with van der Waals surface area (Å²) in [6.07, 6.45) is 6.04. The van der Waals surface area contributed by atoms with Gasteiger partial charge in [0, 0.05) is 73.0 Å². The van der Waals surface area contributed by atoms with Gasteiger partial charge in [0.15, 0.2) is 5.76 Å². The third-order valence-electron chi connectivity index (χ3n) is 10.4. The maximum Gasteiger partial charge on any atom is 0.254 e. The van der Waals surface area contributed by atoms with Gasteiger partial charge >= 0.3 is 0 Å². The molecule has 3 atom stereocenters. The number of likely N-dealkylation sites (tertiary alicyclic amines) is 1. The molecule has 2 aromatic carbocycles. The summed E-state index contributed by atoms with van der Waals surface area (Å²) in [5.41, 5.74) is 12.7. The fraction of sp³-hybridized carbons (Fsp3) is 0.514. The molecule has 222 valence electrons. The van der Waals surface area contributed by atoms with E-state index in [1.54, 1.807) is 0 Å². The molecule has 0 bridgehead atoms. The van der Waals surface area contributed by atoms with Gasteiger partial charge in [-0.15, -0.1) is 0 Å². The van der Waals surface area contributed by atoms with Gasteiger partial charge in [-0.05, 0) is 81.7 Å². The first kappa shape index (κ1) is 27.5. The van der Waals surface area contributed by atoms with E-state index < -0.39 is 0 Å². The van der Waals surface area contributed by atoms with E-state index in [4.69, 9.17) is 14.9 Å². The van der Waals surface area contributed by atoms with E-state index >= 15 is 0 Å². The third kappa shape index (κ3) is 4.71. The monoisotopic (exact) mass is 568 g/mol. The van der Waals surface area contributed by atoms with Crippen molar-refractivity contribution in [1.82, 2.24) is 9.47 Å². The Morgan fingerprint density at radius 1 is 1.07 bits per heavy atom. The standard InChI is InChI=1S/C35H44N4O3/c1-5-24-20-38(22(3)33(24)36)35(40)26-9-11-29-21(2)34(42-32(29)17-26)31-16-25-8-10-27(37-14-12-28(41-4)13-15-37)18-30(25)39(31)19-23-6-7-23/h8-11,16-18,22-24,28,33H,5-7,12-15,19-20,36H2,1-4H3/t22?,24?,33-/m0/s1. The Morgan fingerprint density at radius 3 is 2.55 bits per heavy atom. The number of amides is 1. The number of hydrogen-bond donors (Lipinski definition) is 1. The summed E-state index contributed by atoms with van der Waals surface area (Å²) in [6.45, 7) is 10.1. The molecule has 42 heavy (non-hydrogen) atoms. The van der Waals surface area contributed by atoms with Crippen LogP contribution < -0.4 is 10.6 Å². The molecule has 0 radical (unpaired) electrons. The van der Waals surface area contributed by atoms with Crippen LogP contribution in [-0.4, -0.2) is 60.3 Å². The molecular weight excluding hydrogens is 524 g/mol. The van der Waals surface area contributed by atoms with E-state index in [1.165, 1.54) is 29.4 Å². The lowest BCUT2D eigenvalue weighted by Gasteiger charge is -2.33. The zero-order valence-corrected chi connectivity index (χ0v) is 25.4. The first-order chi connectivity index (χ1) is 20.4. The van der Waals surface area contributed by atoms with E-state index in [0.717, 1.165) is 72.8 Å². The van der Waals surface area contributed by atoms with Gasteiger partial charge in [0.25, 0.3) is 5.91 Å². The van der Waals surface area contributed by atoms with Gasteiger partial charge in [-0.3, -0.25) is 4.79 Å². The topological polar surface area (TPSA) is 76.9 Å². The smallest absolute Gasteiger partial charge is 0.254 e. The van der Waals surface area contributed by atoms with Crippen LogP contribution >= 0.6 is 0 Å². The SMILES string of the molecule is CCC1CN(C(=O)c2ccc3c(C)c(-c4cc5ccc(N6CCC(OC)CC6)cc5n4CC4CC4)oc3c2)C(C)[C@@H]1N. The number of nitrogens with two attached hydrogens (primary N) is 1. The number of piperidine rings is 1. The van der Waals surface area contributed by atoms with Crippen LogP contribution in [0.1, 0.15) is 61.9 Å². The van der Waals surface area contributed by atoms with E-state index in [1.807, 2.05) is 24.1 Å². The summed E-state index contributed by atoms with van der Waals surface area (Å²) in [5, 5.41) is 2.30. The van der Waals surface area contributed by atoms with E-state index in [0.29, 0.717) is 24.1 Å². The van der Waals surface area contributed by atoms with Crippen molar-refractivity contribution >= 4 is 33.5 Å². The first-order valence-corrected chi connectivity index (χ1v) is 15.9. The number of methoxy groups -OCH3 is 1. The molecule has 2 N–H and O–H groups in total. The number of anilines is 1. The zero-order valence-electron chi connectivity index (χ0n) is 25.4. The molecule has 1 aliphatic carbocycles. The highest BCUT2D eigenvalue weighted by molar-refractivity contribution is 6.00. The maximum atomic E-state index is 13.6. The minimum atomic E-state index is 0.0197. The summed E-state index contributed by atoms with van der Waals surface area (Å²) in [7, 11) is 1.82. The molecule has 0 spiro atoms. The molecule has 1 amide bonds. The van der Waals surface area contributed by atoms with Crippen molar-refractivity contribution in [2.45, 2.75) is 77.6 Å². The van der Waals surface area contributed by atoms with Crippen LogP contribution in [0.5, 0.6) is 0 Å². The van der Waals surface area contributed by atoms with Crippen LogP contribution in [0.2, 0.25) is 0 Å². The molecule has 7 rings (SSSR count). The molecule has 4 aromatic rings. The van der Waals surface area contributed by atoms with Gasteiger partial charge in [-0.25, -0.2) is 0 Å². The lowest BCUT2D eigenvalue weighted by molar-refractivity contribution is 0.0739. The van der Waals surface area contributed by atoms with Gasteiger partial charge in [0.2, 0.25) is 0 Å². The number of nitrogens with zero attached hydrogens (tertiary/aromatic N) is 3. The van der Waals surface area contributed by atoms with Crippen molar-refractivity contribution in [3.63, 3.8) is 0 Å². The number of aromatic nitrogens is 1. The fourth-order valence-corrected chi connectivity index (χ4v) is 7.31. The minimum absolute atomic E-state index is 0.0197. The van der Waals surface area contributed by atoms with Crippen molar-refractivity contribution in [1.29, 1.82) is 0 Å². The second-order valence-corrected chi connectivity index (χ2v) is 13.0. The number of carbonyl (C=O) groups excluding carboxylic acids is 1. The molecule has 4 heterocycles. The molecular formula is C35H44N4O3. The van der Waals surface area contributed by atoms with Crippen LogP contribution in [0.15, 0.2) is 46.9 Å². The highest BCUT2D eigenvalue weighted by Gasteiger charge is 2.38. The normalized spacial score (nSPS) is 23.5. The number of ether oxygens (including phenoxy) is 1. The summed E-state index contributed by atoms with van der Waals surface area (Å²) in [4.78, 5) is 18.0. The lowest BCUT2D eigenvalue weighted by Crippen LogP contribution is -2.41. The van der Waals surface area contributed by atoms with Crippen LogP contribution in [0.25, 0.3) is 33.3 Å². The summed E-state index contributed by atoms with van der Waals surface area (Å²) < 4.78 is 14.7. The minimum Gasteiger partial charge on any atom is -0.454 e. The zero-order chi connectivity index (χ0) is 29.1. The average molecular weight is 569 g/mol. The van der Waals surface area contributed by atoms with Crippen molar-refractivity contribution < 1.29 is 13.9 Å². The molecule has 2 saturated heterocycles. The van der Waals surface area contributed by atoms with Gasteiger partial charge in [-0.2, -0.15) is 0 Å². The highest BCUT2D eigenvalue weighted by atomic mass is 16.5.